The van der Waals surface area contributed by atoms with Crippen LogP contribution in [0.5, 0.6) is 0 Å². The Kier molecular flexibility index (Phi) is 2.42. The maximum atomic E-state index is 11.5. The topological polar surface area (TPSA) is 50.1 Å². The van der Waals surface area contributed by atoms with Gasteiger partial charge in [-0.25, -0.2) is 4.79 Å². The van der Waals surface area contributed by atoms with Gasteiger partial charge in [0.05, 0.1) is 5.56 Å². The van der Waals surface area contributed by atoms with Gasteiger partial charge in [-0.05, 0) is 23.6 Å². The molecule has 0 bridgehead atoms. The van der Waals surface area contributed by atoms with E-state index >= 15 is 0 Å². The van der Waals surface area contributed by atoms with Gasteiger partial charge in [-0.3, -0.25) is 0 Å². The van der Waals surface area contributed by atoms with Gasteiger partial charge < -0.3 is 4.74 Å². The van der Waals surface area contributed by atoms with E-state index in [4.69, 9.17) is 10.00 Å². The molecule has 0 radical (unpaired) electrons. The Morgan fingerprint density at radius 3 is 3.07 bits per heavy atom. The molecule has 3 nitrogen and oxygen atoms in total. The summed E-state index contributed by atoms with van der Waals surface area (Å²) in [6.45, 7) is 2.04. The molecule has 0 aromatic heterocycles. The third kappa shape index (κ3) is 1.59. The molecule has 1 aromatic carbocycles. The Labute approximate surface area is 88.3 Å². The molecule has 1 unspecified atom stereocenters. The van der Waals surface area contributed by atoms with Crippen LogP contribution in [0.2, 0.25) is 0 Å². The number of carbonyl (C=O) groups is 1. The van der Waals surface area contributed by atoms with E-state index < -0.39 is 6.10 Å². The smallest absolute Gasteiger partial charge is 0.339 e. The lowest BCUT2D eigenvalue weighted by Crippen LogP contribution is -2.27. The van der Waals surface area contributed by atoms with E-state index in [1.165, 1.54) is 0 Å². The SMILES string of the molecule is CCc1cccc2c1CC(C#N)OC2=O. The third-order valence-electron chi connectivity index (χ3n) is 2.66. The van der Waals surface area contributed by atoms with Crippen molar-refractivity contribution in [3.8, 4) is 6.07 Å². The van der Waals surface area contributed by atoms with Crippen molar-refractivity contribution in [3.05, 3.63) is 34.9 Å². The van der Waals surface area contributed by atoms with Crippen molar-refractivity contribution in [1.29, 1.82) is 5.26 Å². The standard InChI is InChI=1S/C12H11NO2/c1-2-8-4-3-5-10-11(8)6-9(7-13)15-12(10)14/h3-5,9H,2,6H2,1H3. The van der Waals surface area contributed by atoms with Crippen LogP contribution in [0, 0.1) is 11.3 Å². The van der Waals surface area contributed by atoms with E-state index in [1.807, 2.05) is 25.1 Å². The van der Waals surface area contributed by atoms with Crippen LogP contribution >= 0.6 is 0 Å². The second kappa shape index (κ2) is 3.74. The Bertz CT molecular complexity index is 445. The Morgan fingerprint density at radius 1 is 1.60 bits per heavy atom. The molecule has 0 aliphatic carbocycles. The number of cyclic esters (lactones) is 1. The van der Waals surface area contributed by atoms with Crippen molar-refractivity contribution < 1.29 is 9.53 Å². The lowest BCUT2D eigenvalue weighted by atomic mass is 9.93. The zero-order valence-corrected chi connectivity index (χ0v) is 8.49. The first-order valence-corrected chi connectivity index (χ1v) is 4.97. The molecule has 76 valence electrons. The molecule has 1 heterocycles. The van der Waals surface area contributed by atoms with Crippen LogP contribution in [-0.4, -0.2) is 12.1 Å². The van der Waals surface area contributed by atoms with E-state index in [9.17, 15) is 4.79 Å². The molecule has 3 heteroatoms. The summed E-state index contributed by atoms with van der Waals surface area (Å²) in [6, 6.07) is 7.58. The molecule has 0 spiro atoms. The summed E-state index contributed by atoms with van der Waals surface area (Å²) in [7, 11) is 0. The van der Waals surface area contributed by atoms with Gasteiger partial charge in [-0.1, -0.05) is 19.1 Å². The third-order valence-corrected chi connectivity index (χ3v) is 2.66. The molecule has 15 heavy (non-hydrogen) atoms. The lowest BCUT2D eigenvalue weighted by molar-refractivity contribution is 0.0370. The van der Waals surface area contributed by atoms with E-state index in [0.29, 0.717) is 12.0 Å². The van der Waals surface area contributed by atoms with Crippen LogP contribution in [0.25, 0.3) is 0 Å². The van der Waals surface area contributed by atoms with Gasteiger partial charge >= 0.3 is 5.97 Å². The lowest BCUT2D eigenvalue weighted by Gasteiger charge is -2.21. The summed E-state index contributed by atoms with van der Waals surface area (Å²) in [5.41, 5.74) is 2.72. The highest BCUT2D eigenvalue weighted by Gasteiger charge is 2.27. The molecule has 0 saturated heterocycles. The maximum absolute atomic E-state index is 11.5. The van der Waals surface area contributed by atoms with Gasteiger partial charge in [0.1, 0.15) is 6.07 Å². The maximum Gasteiger partial charge on any atom is 0.339 e. The normalized spacial score (nSPS) is 18.9. The average Bonchev–Trinajstić information content (AvgIpc) is 2.28. The predicted molar refractivity (Wildman–Crippen MR) is 54.3 cm³/mol. The van der Waals surface area contributed by atoms with Crippen molar-refractivity contribution in [2.45, 2.75) is 25.9 Å². The van der Waals surface area contributed by atoms with E-state index in [1.54, 1.807) is 6.07 Å². The number of benzene rings is 1. The minimum atomic E-state index is -0.627. The van der Waals surface area contributed by atoms with Gasteiger partial charge in [0.15, 0.2) is 6.10 Å². The number of rotatable bonds is 1. The van der Waals surface area contributed by atoms with Crippen LogP contribution < -0.4 is 0 Å². The quantitative estimate of drug-likeness (QED) is 0.651. The number of hydrogen-bond donors (Lipinski definition) is 0. The minimum absolute atomic E-state index is 0.377. The molecule has 1 aromatic rings. The fraction of sp³-hybridized carbons (Fsp3) is 0.333. The van der Waals surface area contributed by atoms with Gasteiger partial charge in [0.25, 0.3) is 0 Å². The summed E-state index contributed by atoms with van der Waals surface area (Å²) in [5.74, 6) is -0.377. The van der Waals surface area contributed by atoms with Gasteiger partial charge in [0, 0.05) is 6.42 Å². The molecule has 1 atom stereocenters. The number of fused-ring (bicyclic) bond motifs is 1. The Hall–Kier alpha value is -1.82. The minimum Gasteiger partial charge on any atom is -0.443 e. The average molecular weight is 201 g/mol. The number of nitrogens with zero attached hydrogens (tertiary/aromatic N) is 1. The number of hydrogen-bond acceptors (Lipinski definition) is 3. The van der Waals surface area contributed by atoms with E-state index in [-0.39, 0.29) is 5.97 Å². The van der Waals surface area contributed by atoms with Gasteiger partial charge in [-0.15, -0.1) is 0 Å². The summed E-state index contributed by atoms with van der Waals surface area (Å²) in [4.78, 5) is 11.5. The zero-order chi connectivity index (χ0) is 10.8. The summed E-state index contributed by atoms with van der Waals surface area (Å²) < 4.78 is 4.96. The molecule has 0 fully saturated rings. The second-order valence-electron chi connectivity index (χ2n) is 3.52. The molecule has 0 N–H and O–H groups in total. The van der Waals surface area contributed by atoms with Crippen molar-refractivity contribution in [3.63, 3.8) is 0 Å². The van der Waals surface area contributed by atoms with Gasteiger partial charge in [-0.2, -0.15) is 5.26 Å². The second-order valence-corrected chi connectivity index (χ2v) is 3.52. The van der Waals surface area contributed by atoms with E-state index in [0.717, 1.165) is 17.5 Å². The highest BCUT2D eigenvalue weighted by Crippen LogP contribution is 2.24. The highest BCUT2D eigenvalue weighted by atomic mass is 16.5. The zero-order valence-electron chi connectivity index (χ0n) is 8.49. The number of nitriles is 1. The van der Waals surface area contributed by atoms with Crippen LogP contribution in [0.3, 0.4) is 0 Å². The van der Waals surface area contributed by atoms with Crippen LogP contribution in [-0.2, 0) is 17.6 Å². The first-order valence-electron chi connectivity index (χ1n) is 4.97. The van der Waals surface area contributed by atoms with Crippen LogP contribution in [0.4, 0.5) is 0 Å². The molecular formula is C12H11NO2. The monoisotopic (exact) mass is 201 g/mol. The summed E-state index contributed by atoms with van der Waals surface area (Å²) in [6.07, 6.45) is 0.758. The first-order chi connectivity index (χ1) is 7.26. The van der Waals surface area contributed by atoms with Crippen molar-refractivity contribution >= 4 is 5.97 Å². The number of ether oxygens (including phenoxy) is 1. The van der Waals surface area contributed by atoms with Crippen molar-refractivity contribution in [1.82, 2.24) is 0 Å². The van der Waals surface area contributed by atoms with Gasteiger partial charge in [0.2, 0.25) is 0 Å². The van der Waals surface area contributed by atoms with E-state index in [2.05, 4.69) is 0 Å². The predicted octanol–water partition coefficient (Wildman–Crippen LogP) is 1.85. The Morgan fingerprint density at radius 2 is 2.40 bits per heavy atom. The fourth-order valence-electron chi connectivity index (χ4n) is 1.89. The fourth-order valence-corrected chi connectivity index (χ4v) is 1.89. The number of carbonyl (C=O) groups excluding carboxylic acids is 1. The largest absolute Gasteiger partial charge is 0.443 e. The molecule has 0 amide bonds. The van der Waals surface area contributed by atoms with Crippen LogP contribution in [0.15, 0.2) is 18.2 Å². The van der Waals surface area contributed by atoms with Crippen molar-refractivity contribution in [2.24, 2.45) is 0 Å². The summed E-state index contributed by atoms with van der Waals surface area (Å²) in [5, 5.41) is 8.77. The summed E-state index contributed by atoms with van der Waals surface area (Å²) >= 11 is 0. The Balaban J connectivity index is 2.51. The molecule has 1 aliphatic heterocycles. The number of esters is 1. The van der Waals surface area contributed by atoms with Crippen LogP contribution in [0.1, 0.15) is 28.4 Å². The van der Waals surface area contributed by atoms with Crippen molar-refractivity contribution in [2.75, 3.05) is 0 Å². The molecular weight excluding hydrogens is 190 g/mol. The first kappa shape index (κ1) is 9.72. The number of aryl methyl sites for hydroxylation is 1. The molecule has 0 saturated carbocycles. The molecule has 2 rings (SSSR count). The molecule has 1 aliphatic rings. The highest BCUT2D eigenvalue weighted by molar-refractivity contribution is 5.92.